The molecule has 0 radical (unpaired) electrons. The van der Waals surface area contributed by atoms with Gasteiger partial charge in [0, 0.05) is 17.4 Å². The number of thiazole rings is 1. The third kappa shape index (κ3) is 4.56. The van der Waals surface area contributed by atoms with Crippen LogP contribution in [-0.4, -0.2) is 28.6 Å². The van der Waals surface area contributed by atoms with Gasteiger partial charge in [0.15, 0.2) is 11.7 Å². The molecule has 7 heteroatoms. The van der Waals surface area contributed by atoms with Crippen molar-refractivity contribution in [1.29, 1.82) is 0 Å². The Morgan fingerprint density at radius 1 is 1.41 bits per heavy atom. The van der Waals surface area contributed by atoms with Crippen LogP contribution in [0.1, 0.15) is 19.8 Å². The van der Waals surface area contributed by atoms with E-state index in [-0.39, 0.29) is 5.91 Å². The average Bonchev–Trinajstić information content (AvgIpc) is 2.94. The Morgan fingerprint density at radius 2 is 2.23 bits per heavy atom. The predicted molar refractivity (Wildman–Crippen MR) is 84.2 cm³/mol. The molecular weight excluding hydrogens is 304 g/mol. The molecule has 0 bridgehead atoms. The summed E-state index contributed by atoms with van der Waals surface area (Å²) < 4.78 is 5.14. The number of anilines is 1. The minimum atomic E-state index is -1.03. The largest absolute Gasteiger partial charge is 0.482 e. The van der Waals surface area contributed by atoms with Gasteiger partial charge in [0.1, 0.15) is 5.75 Å². The molecule has 2 rings (SSSR count). The lowest BCUT2D eigenvalue weighted by Crippen LogP contribution is -2.10. The summed E-state index contributed by atoms with van der Waals surface area (Å²) in [5.41, 5.74) is 1.51. The standard InChI is InChI=1S/C15H16N2O4S/c1-2-4-13(18)17-15-16-12(9-22-15)10-5-3-6-11(7-10)21-8-14(19)20/h3,5-7,9H,2,4,8H2,1H3,(H,19,20)(H,16,17,18). The molecule has 1 aromatic heterocycles. The van der Waals surface area contributed by atoms with Gasteiger partial charge >= 0.3 is 5.97 Å². The number of nitrogens with one attached hydrogen (secondary N) is 1. The summed E-state index contributed by atoms with van der Waals surface area (Å²) in [5.74, 6) is -0.619. The first-order valence-corrected chi connectivity index (χ1v) is 7.67. The summed E-state index contributed by atoms with van der Waals surface area (Å²) in [6.45, 7) is 1.55. The van der Waals surface area contributed by atoms with E-state index in [1.54, 1.807) is 18.2 Å². The molecule has 1 amide bonds. The third-order valence-electron chi connectivity index (χ3n) is 2.72. The fourth-order valence-electron chi connectivity index (χ4n) is 1.76. The summed E-state index contributed by atoms with van der Waals surface area (Å²) >= 11 is 1.34. The molecule has 1 heterocycles. The van der Waals surface area contributed by atoms with Crippen molar-refractivity contribution in [2.75, 3.05) is 11.9 Å². The van der Waals surface area contributed by atoms with E-state index in [0.717, 1.165) is 12.0 Å². The van der Waals surface area contributed by atoms with E-state index in [1.807, 2.05) is 18.4 Å². The number of benzene rings is 1. The van der Waals surface area contributed by atoms with Crippen molar-refractivity contribution in [2.24, 2.45) is 0 Å². The fourth-order valence-corrected chi connectivity index (χ4v) is 2.50. The molecule has 0 aliphatic rings. The summed E-state index contributed by atoms with van der Waals surface area (Å²) in [7, 11) is 0. The second-order valence-corrected chi connectivity index (χ2v) is 5.40. The van der Waals surface area contributed by atoms with Gasteiger partial charge in [-0.25, -0.2) is 9.78 Å². The maximum absolute atomic E-state index is 11.5. The molecule has 0 unspecified atom stereocenters. The van der Waals surface area contributed by atoms with Gasteiger partial charge in [-0.05, 0) is 18.6 Å². The average molecular weight is 320 g/mol. The van der Waals surface area contributed by atoms with Crippen LogP contribution in [-0.2, 0) is 9.59 Å². The first-order valence-electron chi connectivity index (χ1n) is 6.79. The first-order chi connectivity index (χ1) is 10.6. The predicted octanol–water partition coefficient (Wildman–Crippen LogP) is 3.01. The van der Waals surface area contributed by atoms with Crippen LogP contribution < -0.4 is 10.1 Å². The lowest BCUT2D eigenvalue weighted by atomic mass is 10.2. The number of carboxylic acid groups (broad SMARTS) is 1. The van der Waals surface area contributed by atoms with Crippen LogP contribution in [0, 0.1) is 0 Å². The van der Waals surface area contributed by atoms with E-state index in [1.165, 1.54) is 11.3 Å². The number of rotatable bonds is 7. The molecule has 0 saturated heterocycles. The molecular formula is C15H16N2O4S. The molecule has 0 aliphatic carbocycles. The third-order valence-corrected chi connectivity index (χ3v) is 3.48. The van der Waals surface area contributed by atoms with Crippen molar-refractivity contribution in [3.63, 3.8) is 0 Å². The van der Waals surface area contributed by atoms with E-state index in [9.17, 15) is 9.59 Å². The van der Waals surface area contributed by atoms with E-state index in [2.05, 4.69) is 10.3 Å². The molecule has 2 N–H and O–H groups in total. The highest BCUT2D eigenvalue weighted by Crippen LogP contribution is 2.27. The van der Waals surface area contributed by atoms with Crippen molar-refractivity contribution in [2.45, 2.75) is 19.8 Å². The Labute approximate surface area is 131 Å². The van der Waals surface area contributed by atoms with Crippen LogP contribution in [0.4, 0.5) is 5.13 Å². The van der Waals surface area contributed by atoms with Gasteiger partial charge < -0.3 is 15.2 Å². The maximum Gasteiger partial charge on any atom is 0.341 e. The minimum Gasteiger partial charge on any atom is -0.482 e. The second-order valence-electron chi connectivity index (χ2n) is 4.55. The van der Waals surface area contributed by atoms with Crippen LogP contribution in [0.5, 0.6) is 5.75 Å². The fraction of sp³-hybridized carbons (Fsp3) is 0.267. The number of ether oxygens (including phenoxy) is 1. The summed E-state index contributed by atoms with van der Waals surface area (Å²) in [5, 5.41) is 13.7. The summed E-state index contributed by atoms with van der Waals surface area (Å²) in [6, 6.07) is 7.01. The smallest absolute Gasteiger partial charge is 0.341 e. The number of carboxylic acids is 1. The number of amides is 1. The van der Waals surface area contributed by atoms with Crippen molar-refractivity contribution in [3.05, 3.63) is 29.6 Å². The van der Waals surface area contributed by atoms with Gasteiger partial charge in [0.25, 0.3) is 0 Å². The normalized spacial score (nSPS) is 10.2. The lowest BCUT2D eigenvalue weighted by Gasteiger charge is -2.04. The van der Waals surface area contributed by atoms with Gasteiger partial charge in [-0.2, -0.15) is 0 Å². The summed E-state index contributed by atoms with van der Waals surface area (Å²) in [6.07, 6.45) is 1.25. The second kappa shape index (κ2) is 7.56. The van der Waals surface area contributed by atoms with Crippen LogP contribution in [0.2, 0.25) is 0 Å². The lowest BCUT2D eigenvalue weighted by molar-refractivity contribution is -0.139. The zero-order chi connectivity index (χ0) is 15.9. The quantitative estimate of drug-likeness (QED) is 0.818. The zero-order valence-electron chi connectivity index (χ0n) is 12.0. The van der Waals surface area contributed by atoms with Gasteiger partial charge in [0.05, 0.1) is 5.69 Å². The topological polar surface area (TPSA) is 88.5 Å². The highest BCUT2D eigenvalue weighted by atomic mass is 32.1. The van der Waals surface area contributed by atoms with E-state index >= 15 is 0 Å². The van der Waals surface area contributed by atoms with Crippen LogP contribution in [0.25, 0.3) is 11.3 Å². The maximum atomic E-state index is 11.5. The molecule has 0 saturated carbocycles. The highest BCUT2D eigenvalue weighted by molar-refractivity contribution is 7.14. The molecule has 22 heavy (non-hydrogen) atoms. The van der Waals surface area contributed by atoms with Crippen LogP contribution in [0.15, 0.2) is 29.6 Å². The molecule has 1 aromatic carbocycles. The molecule has 0 fully saturated rings. The molecule has 2 aromatic rings. The SMILES string of the molecule is CCCC(=O)Nc1nc(-c2cccc(OCC(=O)O)c2)cs1. The molecule has 116 valence electrons. The highest BCUT2D eigenvalue weighted by Gasteiger charge is 2.08. The molecule has 6 nitrogen and oxygen atoms in total. The van der Waals surface area contributed by atoms with Gasteiger partial charge in [-0.15, -0.1) is 11.3 Å². The summed E-state index contributed by atoms with van der Waals surface area (Å²) in [4.78, 5) is 26.4. The number of nitrogens with zero attached hydrogens (tertiary/aromatic N) is 1. The number of hydrogen-bond donors (Lipinski definition) is 2. The minimum absolute atomic E-state index is 0.0538. The Balaban J connectivity index is 2.08. The van der Waals surface area contributed by atoms with E-state index in [4.69, 9.17) is 9.84 Å². The number of carbonyl (C=O) groups excluding carboxylic acids is 1. The van der Waals surface area contributed by atoms with E-state index in [0.29, 0.717) is 23.0 Å². The number of hydrogen-bond acceptors (Lipinski definition) is 5. The van der Waals surface area contributed by atoms with Crippen molar-refractivity contribution in [1.82, 2.24) is 4.98 Å². The van der Waals surface area contributed by atoms with Gasteiger partial charge in [-0.3, -0.25) is 4.79 Å². The Hall–Kier alpha value is -2.41. The van der Waals surface area contributed by atoms with E-state index < -0.39 is 12.6 Å². The van der Waals surface area contributed by atoms with Gasteiger partial charge in [0.2, 0.25) is 5.91 Å². The number of aromatic nitrogens is 1. The number of carbonyl (C=O) groups is 2. The number of aliphatic carboxylic acids is 1. The van der Waals surface area contributed by atoms with Crippen LogP contribution >= 0.6 is 11.3 Å². The van der Waals surface area contributed by atoms with Crippen molar-refractivity contribution in [3.8, 4) is 17.0 Å². The molecule has 0 atom stereocenters. The monoisotopic (exact) mass is 320 g/mol. The Bertz CT molecular complexity index is 669. The molecule has 0 spiro atoms. The molecule has 0 aliphatic heterocycles. The van der Waals surface area contributed by atoms with Crippen molar-refractivity contribution < 1.29 is 19.4 Å². The Morgan fingerprint density at radius 3 is 2.95 bits per heavy atom. The zero-order valence-corrected chi connectivity index (χ0v) is 12.9. The Kier molecular flexibility index (Phi) is 5.48. The first kappa shape index (κ1) is 16.0. The van der Waals surface area contributed by atoms with Crippen LogP contribution in [0.3, 0.4) is 0 Å². The van der Waals surface area contributed by atoms with Gasteiger partial charge in [-0.1, -0.05) is 19.1 Å². The van der Waals surface area contributed by atoms with Crippen molar-refractivity contribution >= 4 is 28.3 Å².